The highest BCUT2D eigenvalue weighted by Crippen LogP contribution is 2.19. The summed E-state index contributed by atoms with van der Waals surface area (Å²) in [5.74, 6) is -6.07. The summed E-state index contributed by atoms with van der Waals surface area (Å²) in [6, 6.07) is -1.25. The van der Waals surface area contributed by atoms with E-state index in [-0.39, 0.29) is 114 Å². The fraction of sp³-hybridized carbons (Fsp3) is 0.791. The van der Waals surface area contributed by atoms with Crippen LogP contribution >= 0.6 is 0 Å². The molecule has 0 bridgehead atoms. The van der Waals surface area contributed by atoms with Gasteiger partial charge in [0, 0.05) is 96.5 Å². The second kappa shape index (κ2) is 56.9. The van der Waals surface area contributed by atoms with Crippen LogP contribution in [0.5, 0.6) is 0 Å². The Kier molecular flexibility index (Phi) is 51.9. The Bertz CT molecular complexity index is 2510. The number of nitrogens with one attached hydrogen (secondary N) is 5. The first kappa shape index (κ1) is 85.7. The number of imidazole rings is 1. The standard InChI is InChI=1S/C42H70N6O12.C25H46N4O4S.H2/c1-2-3-4-5-6-7-8-9-10-14-38(52)48-36(42(57)58)19-18-35(50)27-32(41(55)56)15-20-37(51)46-22-23-59-24-25-60-29-39(53)45-21-12-11-13-31(40(43)54)26-34(49)17-16-33-28-44-30-47-33;1-2-17-23(30)19-16-21-34(32,33)22-24(31)18-14-12-10-8-6-4-3-5-7-9-11-13-15-20-25-26-28-29-27-25;/h28,30-32,36H,2-27,29H2,1H3,(H2,43,54)(H,44,47)(H,45,53)(H,46,51)(H,48,52)(H,55,56)(H,57,58);2-22H2,1H3,(H,26,27,28,29);1H/t31-,32-,36?;;/m1../s1. The predicted octanol–water partition coefficient (Wildman–Crippen LogP) is 9.13. The van der Waals surface area contributed by atoms with Crippen LogP contribution in [0.4, 0.5) is 0 Å². The van der Waals surface area contributed by atoms with Crippen LogP contribution in [0.3, 0.4) is 0 Å². The van der Waals surface area contributed by atoms with E-state index in [1.165, 1.54) is 96.2 Å². The SMILES string of the molecule is CCCC(=O)CCCS(=O)(=O)CC(=O)CCCCCCCCCCCCCCCc1nn[nH]n1.CCCCCCCCCCCC(=O)NC(CCC(=O)C[C@@H](CCC(=O)NCCOCCOCC(=O)NCCCC[C@H](CC(=O)CCc1cnc[nH]1)C(N)=O)C(=O)O)C(=O)O.[HH]. The maximum Gasteiger partial charge on any atom is 0.326 e. The zero-order valence-electron chi connectivity index (χ0n) is 56.7. The first-order valence-corrected chi connectivity index (χ1v) is 36.8. The van der Waals surface area contributed by atoms with Gasteiger partial charge in [0.15, 0.2) is 15.7 Å². The van der Waals surface area contributed by atoms with Crippen LogP contribution in [0.2, 0.25) is 0 Å². The number of Topliss-reactive ketones (excluding diaryl/α,β-unsaturated/α-hetero) is 4. The first-order valence-electron chi connectivity index (χ1n) is 34.9. The van der Waals surface area contributed by atoms with Gasteiger partial charge in [-0.3, -0.25) is 43.2 Å². The number of aryl methyl sites for hydroxylation is 2. The van der Waals surface area contributed by atoms with E-state index in [4.69, 9.17) is 15.2 Å². The van der Waals surface area contributed by atoms with Gasteiger partial charge in [-0.25, -0.2) is 18.2 Å². The summed E-state index contributed by atoms with van der Waals surface area (Å²) in [5.41, 5.74) is 6.33. The number of carboxylic acids is 2. The molecule has 2 aromatic rings. The molecule has 0 radical (unpaired) electrons. The van der Waals surface area contributed by atoms with Gasteiger partial charge in [-0.1, -0.05) is 147 Å². The molecule has 0 aliphatic carbocycles. The molecule has 4 amide bonds. The Hall–Kier alpha value is -6.35. The third kappa shape index (κ3) is 51.0. The zero-order valence-corrected chi connectivity index (χ0v) is 57.5. The molecule has 0 aliphatic rings. The number of carboxylic acid groups (broad SMARTS) is 2. The summed E-state index contributed by atoms with van der Waals surface area (Å²) in [6.45, 7) is 4.87. The van der Waals surface area contributed by atoms with Crippen LogP contribution in [0.25, 0.3) is 0 Å². The van der Waals surface area contributed by atoms with Crippen LogP contribution in [0.15, 0.2) is 12.5 Å². The number of unbranched alkanes of at least 4 members (excludes halogenated alkanes) is 21. The molecule has 2 aromatic heterocycles. The Morgan fingerprint density at radius 2 is 1.13 bits per heavy atom. The van der Waals surface area contributed by atoms with E-state index in [9.17, 15) is 66.6 Å². The van der Waals surface area contributed by atoms with E-state index in [1.54, 1.807) is 6.20 Å². The predicted molar refractivity (Wildman–Crippen MR) is 359 cm³/mol. The lowest BCUT2D eigenvalue weighted by Crippen LogP contribution is -2.41. The smallest absolute Gasteiger partial charge is 0.326 e. The number of carbonyl (C=O) groups excluding carboxylic acids is 8. The van der Waals surface area contributed by atoms with E-state index >= 15 is 0 Å². The van der Waals surface area contributed by atoms with E-state index in [1.807, 2.05) is 6.92 Å². The number of H-pyrrole nitrogens is 2. The van der Waals surface area contributed by atoms with Gasteiger partial charge in [-0.15, -0.1) is 10.2 Å². The van der Waals surface area contributed by atoms with Gasteiger partial charge in [-0.05, 0) is 64.2 Å². The van der Waals surface area contributed by atoms with Crippen LogP contribution in [0.1, 0.15) is 271 Å². The average Bonchev–Trinajstić information content (AvgIpc) is 2.70. The Morgan fingerprint density at radius 3 is 1.71 bits per heavy atom. The minimum atomic E-state index is -3.38. The van der Waals surface area contributed by atoms with Gasteiger partial charge < -0.3 is 46.4 Å². The monoisotopic (exact) mass is 1350 g/mol. The summed E-state index contributed by atoms with van der Waals surface area (Å²) < 4.78 is 34.7. The van der Waals surface area contributed by atoms with Gasteiger partial charge in [0.2, 0.25) is 23.6 Å². The van der Waals surface area contributed by atoms with Crippen molar-refractivity contribution in [2.24, 2.45) is 17.6 Å². The van der Waals surface area contributed by atoms with Crippen molar-refractivity contribution in [1.29, 1.82) is 0 Å². The number of sulfone groups is 1. The molecule has 9 N–H and O–H groups in total. The molecule has 0 aliphatic heterocycles. The fourth-order valence-corrected chi connectivity index (χ4v) is 11.9. The third-order valence-corrected chi connectivity index (χ3v) is 17.7. The van der Waals surface area contributed by atoms with Crippen molar-refractivity contribution in [3.05, 3.63) is 24.0 Å². The summed E-state index contributed by atoms with van der Waals surface area (Å²) in [6.07, 6.45) is 33.3. The largest absolute Gasteiger partial charge is 0.481 e. The van der Waals surface area contributed by atoms with Crippen molar-refractivity contribution >= 4 is 68.5 Å². The minimum Gasteiger partial charge on any atom is -0.481 e. The van der Waals surface area contributed by atoms with Crippen LogP contribution in [-0.4, -0.2) is 165 Å². The number of hydrogen-bond donors (Lipinski definition) is 8. The molecule has 2 rings (SSSR count). The summed E-state index contributed by atoms with van der Waals surface area (Å²) in [4.78, 5) is 127. The quantitative estimate of drug-likeness (QED) is 0.0286. The lowest BCUT2D eigenvalue weighted by molar-refractivity contribution is -0.145. The molecule has 26 nitrogen and oxygen atoms in total. The molecule has 0 saturated heterocycles. The minimum absolute atomic E-state index is 0. The number of hydrogen-bond acceptors (Lipinski definition) is 18. The number of ether oxygens (including phenoxy) is 2. The summed E-state index contributed by atoms with van der Waals surface area (Å²) in [5, 5.41) is 40.9. The second-order valence-electron chi connectivity index (χ2n) is 24.6. The third-order valence-electron chi connectivity index (χ3n) is 16.0. The van der Waals surface area contributed by atoms with Crippen molar-refractivity contribution in [3.63, 3.8) is 0 Å². The van der Waals surface area contributed by atoms with Crippen molar-refractivity contribution in [2.45, 2.75) is 277 Å². The number of nitrogens with zero attached hydrogens (tertiary/aromatic N) is 4. The molecule has 0 aromatic carbocycles. The van der Waals surface area contributed by atoms with Crippen molar-refractivity contribution < 1.29 is 77.5 Å². The average molecular weight is 1350 g/mol. The summed E-state index contributed by atoms with van der Waals surface area (Å²) >= 11 is 0. The molecule has 27 heteroatoms. The van der Waals surface area contributed by atoms with Crippen molar-refractivity contribution in [3.8, 4) is 0 Å². The van der Waals surface area contributed by atoms with Gasteiger partial charge in [0.1, 0.15) is 41.5 Å². The van der Waals surface area contributed by atoms with Gasteiger partial charge in [-0.2, -0.15) is 5.21 Å². The van der Waals surface area contributed by atoms with E-state index < -0.39 is 63.2 Å². The normalized spacial score (nSPS) is 12.2. The van der Waals surface area contributed by atoms with E-state index in [0.717, 1.165) is 69.3 Å². The number of aromatic amines is 2. The summed E-state index contributed by atoms with van der Waals surface area (Å²) in [7, 11) is -3.38. The van der Waals surface area contributed by atoms with Crippen LogP contribution in [0, 0.1) is 11.8 Å². The van der Waals surface area contributed by atoms with E-state index in [2.05, 4.69) is 53.5 Å². The number of amides is 4. The number of tetrazole rings is 1. The molecule has 0 saturated carbocycles. The molecular formula is C67H118N10O16S. The highest BCUT2D eigenvalue weighted by atomic mass is 32.2. The number of carbonyl (C=O) groups is 10. The van der Waals surface area contributed by atoms with Gasteiger partial charge >= 0.3 is 11.9 Å². The number of aromatic nitrogens is 6. The number of aliphatic carboxylic acids is 2. The van der Waals surface area contributed by atoms with Crippen LogP contribution in [-0.2, 0) is 80.1 Å². The number of primary amides is 1. The number of ketones is 4. The van der Waals surface area contributed by atoms with Crippen LogP contribution < -0.4 is 21.7 Å². The topological polar surface area (TPSA) is 409 Å². The molecule has 538 valence electrons. The zero-order chi connectivity index (χ0) is 69.3. The maximum atomic E-state index is 12.6. The fourth-order valence-electron chi connectivity index (χ4n) is 10.5. The molecule has 2 heterocycles. The maximum absolute atomic E-state index is 12.6. The molecule has 1 unspecified atom stereocenters. The van der Waals surface area contributed by atoms with Gasteiger partial charge in [0.25, 0.3) is 0 Å². The molecule has 0 fully saturated rings. The molecule has 0 spiro atoms. The Labute approximate surface area is 559 Å². The van der Waals surface area contributed by atoms with Crippen molar-refractivity contribution in [1.82, 2.24) is 46.5 Å². The molecule has 94 heavy (non-hydrogen) atoms. The number of nitrogens with two attached hydrogens (primary N) is 1. The van der Waals surface area contributed by atoms with E-state index in [0.29, 0.717) is 70.8 Å². The molecular weight excluding hydrogens is 1230 g/mol. The lowest BCUT2D eigenvalue weighted by Gasteiger charge is -2.15. The molecule has 3 atom stereocenters. The second-order valence-corrected chi connectivity index (χ2v) is 26.8. The Morgan fingerprint density at radius 1 is 0.543 bits per heavy atom. The number of rotatable bonds is 64. The first-order chi connectivity index (χ1) is 45.2. The Balaban J connectivity index is 0.00000214. The van der Waals surface area contributed by atoms with Gasteiger partial charge in [0.05, 0.1) is 37.8 Å². The lowest BCUT2D eigenvalue weighted by atomic mass is 9.94. The van der Waals surface area contributed by atoms with Crippen molar-refractivity contribution in [2.75, 3.05) is 51.0 Å². The highest BCUT2D eigenvalue weighted by Gasteiger charge is 2.26. The highest BCUT2D eigenvalue weighted by molar-refractivity contribution is 7.92.